The highest BCUT2D eigenvalue weighted by atomic mass is 31.1. The highest BCUT2D eigenvalue weighted by Gasteiger charge is 2.13. The average Bonchev–Trinajstić information content (AvgIpc) is 2.05. The summed E-state index contributed by atoms with van der Waals surface area (Å²) < 4.78 is 16.0. The van der Waals surface area contributed by atoms with Gasteiger partial charge in [-0.05, 0) is 24.3 Å². The Hall–Kier alpha value is 0.0600. The van der Waals surface area contributed by atoms with Gasteiger partial charge in [-0.1, -0.05) is 26.2 Å². The minimum Gasteiger partial charge on any atom is -0.147 e. The predicted octanol–water partition coefficient (Wildman–Crippen LogP) is 3.74. The third-order valence-corrected chi connectivity index (χ3v) is 2.94. The van der Waals surface area contributed by atoms with Crippen LogP contribution in [-0.2, 0) is 9.09 Å². The molecule has 0 aromatic carbocycles. The minimum atomic E-state index is -1.35. The molecule has 0 saturated carbocycles. The molecule has 0 aliphatic carbocycles. The molecule has 0 aliphatic rings. The van der Waals surface area contributed by atoms with Gasteiger partial charge in [-0.3, -0.25) is 0 Å². The van der Waals surface area contributed by atoms with E-state index in [1.165, 1.54) is 25.7 Å². The van der Waals surface area contributed by atoms with Crippen LogP contribution in [0.25, 0.3) is 0 Å². The molecule has 0 heterocycles. The van der Waals surface area contributed by atoms with Gasteiger partial charge in [0, 0.05) is 0 Å². The zero-order valence-electron chi connectivity index (χ0n) is 8.21. The van der Waals surface area contributed by atoms with Crippen LogP contribution in [-0.4, -0.2) is 12.8 Å². The number of hydrogen-bond acceptors (Lipinski definition) is 2. The molecular formula is C9H20O2P+. The van der Waals surface area contributed by atoms with E-state index in [1.807, 2.05) is 6.92 Å². The summed E-state index contributed by atoms with van der Waals surface area (Å²) in [6, 6.07) is 0. The van der Waals surface area contributed by atoms with Crippen LogP contribution in [0.15, 0.2) is 0 Å². The van der Waals surface area contributed by atoms with Gasteiger partial charge in [0.05, 0.1) is 6.61 Å². The lowest BCUT2D eigenvalue weighted by Gasteiger charge is -1.93. The van der Waals surface area contributed by atoms with Crippen LogP contribution in [0.5, 0.6) is 0 Å². The molecule has 0 aromatic heterocycles. The number of rotatable bonds is 8. The van der Waals surface area contributed by atoms with Gasteiger partial charge >= 0.3 is 8.03 Å². The molecule has 0 aromatic rings. The van der Waals surface area contributed by atoms with Crippen LogP contribution in [0.1, 0.15) is 46.0 Å². The Morgan fingerprint density at radius 3 is 2.33 bits per heavy atom. The smallest absolute Gasteiger partial charge is 0.147 e. The van der Waals surface area contributed by atoms with E-state index in [1.54, 1.807) is 0 Å². The zero-order chi connectivity index (χ0) is 9.23. The Labute approximate surface area is 76.6 Å². The predicted molar refractivity (Wildman–Crippen MR) is 52.9 cm³/mol. The summed E-state index contributed by atoms with van der Waals surface area (Å²) in [4.78, 5) is 0. The van der Waals surface area contributed by atoms with E-state index >= 15 is 0 Å². The second kappa shape index (κ2) is 9.15. The molecule has 1 atom stereocenters. The summed E-state index contributed by atoms with van der Waals surface area (Å²) in [6.45, 7) is 4.65. The lowest BCUT2D eigenvalue weighted by atomic mass is 10.2. The first-order valence-corrected chi connectivity index (χ1v) is 6.25. The van der Waals surface area contributed by atoms with Gasteiger partial charge in [-0.25, -0.2) is 0 Å². The summed E-state index contributed by atoms with van der Waals surface area (Å²) in [5.74, 6) is 0. The molecule has 12 heavy (non-hydrogen) atoms. The first-order chi connectivity index (χ1) is 5.81. The Morgan fingerprint density at radius 1 is 1.08 bits per heavy atom. The third-order valence-electron chi connectivity index (χ3n) is 1.72. The summed E-state index contributed by atoms with van der Waals surface area (Å²) in [5.41, 5.74) is 0. The van der Waals surface area contributed by atoms with Gasteiger partial charge in [-0.15, -0.1) is 4.52 Å². The van der Waals surface area contributed by atoms with E-state index in [9.17, 15) is 4.57 Å². The molecule has 0 N–H and O–H groups in total. The number of unbranched alkanes of at least 4 members (excludes halogenated alkanes) is 4. The molecule has 0 amide bonds. The first kappa shape index (κ1) is 12.1. The van der Waals surface area contributed by atoms with Gasteiger partial charge in [0.2, 0.25) is 0 Å². The molecule has 72 valence electrons. The largest absolute Gasteiger partial charge is 0.508 e. The fourth-order valence-electron chi connectivity index (χ4n) is 1.05. The number of hydrogen-bond donors (Lipinski definition) is 0. The maximum absolute atomic E-state index is 11.0. The lowest BCUT2D eigenvalue weighted by molar-refractivity contribution is 0.349. The monoisotopic (exact) mass is 191 g/mol. The van der Waals surface area contributed by atoms with Crippen LogP contribution >= 0.6 is 8.03 Å². The van der Waals surface area contributed by atoms with Crippen molar-refractivity contribution in [2.45, 2.75) is 46.0 Å². The van der Waals surface area contributed by atoms with E-state index < -0.39 is 8.03 Å². The van der Waals surface area contributed by atoms with Gasteiger partial charge in [0.25, 0.3) is 0 Å². The van der Waals surface area contributed by atoms with Crippen molar-refractivity contribution in [3.63, 3.8) is 0 Å². The van der Waals surface area contributed by atoms with Crippen LogP contribution in [0, 0.1) is 0 Å². The minimum absolute atomic E-state index is 0.574. The highest BCUT2D eigenvalue weighted by Crippen LogP contribution is 2.23. The molecule has 0 fully saturated rings. The maximum Gasteiger partial charge on any atom is 0.508 e. The second-order valence-electron chi connectivity index (χ2n) is 2.89. The molecule has 0 bridgehead atoms. The van der Waals surface area contributed by atoms with Crippen LogP contribution in [0.4, 0.5) is 0 Å². The van der Waals surface area contributed by atoms with Crippen molar-refractivity contribution >= 4 is 8.03 Å². The molecule has 2 nitrogen and oxygen atoms in total. The van der Waals surface area contributed by atoms with Crippen molar-refractivity contribution in [2.75, 3.05) is 12.8 Å². The van der Waals surface area contributed by atoms with E-state index in [2.05, 4.69) is 6.92 Å². The molecule has 0 aliphatic heterocycles. The summed E-state index contributed by atoms with van der Waals surface area (Å²) in [7, 11) is -1.35. The van der Waals surface area contributed by atoms with E-state index in [0.717, 1.165) is 12.6 Å². The van der Waals surface area contributed by atoms with Crippen molar-refractivity contribution in [2.24, 2.45) is 0 Å². The van der Waals surface area contributed by atoms with E-state index in [0.29, 0.717) is 6.61 Å². The molecular weight excluding hydrogens is 171 g/mol. The van der Waals surface area contributed by atoms with Crippen LogP contribution < -0.4 is 0 Å². The topological polar surface area (TPSA) is 26.3 Å². The first-order valence-electron chi connectivity index (χ1n) is 4.88. The van der Waals surface area contributed by atoms with Gasteiger partial charge in [-0.2, -0.15) is 0 Å². The molecule has 3 heteroatoms. The van der Waals surface area contributed by atoms with Gasteiger partial charge < -0.3 is 0 Å². The Morgan fingerprint density at radius 2 is 1.75 bits per heavy atom. The normalized spacial score (nSPS) is 11.7. The van der Waals surface area contributed by atoms with Gasteiger partial charge in [0.1, 0.15) is 0 Å². The average molecular weight is 191 g/mol. The molecule has 0 saturated heterocycles. The Bertz CT molecular complexity index is 115. The molecule has 1 unspecified atom stereocenters. The molecule has 0 spiro atoms. The lowest BCUT2D eigenvalue weighted by Crippen LogP contribution is -1.84. The molecule has 0 rings (SSSR count). The standard InChI is InChI=1S/C9H20O2P/c1-3-5-6-7-8-9-12(10)11-4-2/h3-9H2,1-2H3/q+1. The zero-order valence-corrected chi connectivity index (χ0v) is 9.11. The fraction of sp³-hybridized carbons (Fsp3) is 1.00. The van der Waals surface area contributed by atoms with Crippen molar-refractivity contribution < 1.29 is 9.09 Å². The van der Waals surface area contributed by atoms with E-state index in [4.69, 9.17) is 4.52 Å². The SMILES string of the molecule is CCCCCCC[P+](=O)OCC. The maximum atomic E-state index is 11.0. The van der Waals surface area contributed by atoms with Crippen molar-refractivity contribution in [1.29, 1.82) is 0 Å². The van der Waals surface area contributed by atoms with Gasteiger partial charge in [0.15, 0.2) is 6.16 Å². The Balaban J connectivity index is 3.03. The van der Waals surface area contributed by atoms with Crippen molar-refractivity contribution in [3.8, 4) is 0 Å². The fourth-order valence-corrected chi connectivity index (χ4v) is 1.95. The highest BCUT2D eigenvalue weighted by molar-refractivity contribution is 7.39. The van der Waals surface area contributed by atoms with Crippen molar-refractivity contribution in [1.82, 2.24) is 0 Å². The Kier molecular flexibility index (Phi) is 9.20. The quantitative estimate of drug-likeness (QED) is 0.431. The van der Waals surface area contributed by atoms with E-state index in [-0.39, 0.29) is 0 Å². The van der Waals surface area contributed by atoms with Crippen molar-refractivity contribution in [3.05, 3.63) is 0 Å². The van der Waals surface area contributed by atoms with Crippen LogP contribution in [0.3, 0.4) is 0 Å². The summed E-state index contributed by atoms with van der Waals surface area (Å²) in [5, 5.41) is 0. The second-order valence-corrected chi connectivity index (χ2v) is 4.26. The third kappa shape index (κ3) is 8.16. The molecule has 0 radical (unpaired) electrons. The summed E-state index contributed by atoms with van der Waals surface area (Å²) in [6.07, 6.45) is 6.82. The summed E-state index contributed by atoms with van der Waals surface area (Å²) >= 11 is 0. The van der Waals surface area contributed by atoms with Crippen LogP contribution in [0.2, 0.25) is 0 Å².